The maximum Gasteiger partial charge on any atom is 0.233 e. The highest BCUT2D eigenvalue weighted by molar-refractivity contribution is 7.13. The number of benzene rings is 1. The van der Waals surface area contributed by atoms with Crippen molar-refractivity contribution in [2.75, 3.05) is 5.73 Å². The van der Waals surface area contributed by atoms with Crippen LogP contribution in [0, 0.1) is 5.82 Å². The van der Waals surface area contributed by atoms with E-state index in [2.05, 4.69) is 15.1 Å². The van der Waals surface area contributed by atoms with Gasteiger partial charge in [-0.3, -0.25) is 0 Å². The zero-order chi connectivity index (χ0) is 13.2. The van der Waals surface area contributed by atoms with E-state index < -0.39 is 0 Å². The largest absolute Gasteiger partial charge is 0.375 e. The van der Waals surface area contributed by atoms with Gasteiger partial charge in [0.2, 0.25) is 11.7 Å². The molecule has 2 N–H and O–H groups in total. The van der Waals surface area contributed by atoms with E-state index in [1.54, 1.807) is 12.1 Å². The summed E-state index contributed by atoms with van der Waals surface area (Å²) in [5, 5.41) is 6.16. The van der Waals surface area contributed by atoms with Crippen molar-refractivity contribution in [3.8, 4) is 11.4 Å². The lowest BCUT2D eigenvalue weighted by atomic mass is 10.2. The molecule has 0 aliphatic rings. The highest BCUT2D eigenvalue weighted by Crippen LogP contribution is 2.19. The average molecular weight is 276 g/mol. The second-order valence-corrected chi connectivity index (χ2v) is 4.77. The molecule has 3 rings (SSSR count). The van der Waals surface area contributed by atoms with Crippen LogP contribution >= 0.6 is 11.3 Å². The monoisotopic (exact) mass is 276 g/mol. The number of nitrogens with two attached hydrogens (primary N) is 1. The molecule has 2 aromatic heterocycles. The van der Waals surface area contributed by atoms with Crippen LogP contribution in [0.4, 0.5) is 9.52 Å². The molecule has 5 nitrogen and oxygen atoms in total. The highest BCUT2D eigenvalue weighted by atomic mass is 32.1. The molecule has 1 aromatic carbocycles. The van der Waals surface area contributed by atoms with Crippen LogP contribution in [-0.2, 0) is 6.42 Å². The molecule has 96 valence electrons. The molecule has 0 atom stereocenters. The van der Waals surface area contributed by atoms with Gasteiger partial charge in [-0.25, -0.2) is 9.37 Å². The van der Waals surface area contributed by atoms with Gasteiger partial charge >= 0.3 is 0 Å². The normalized spacial score (nSPS) is 10.8. The van der Waals surface area contributed by atoms with E-state index >= 15 is 0 Å². The van der Waals surface area contributed by atoms with Gasteiger partial charge in [0.15, 0.2) is 5.13 Å². The molecule has 3 aromatic rings. The molecule has 0 unspecified atom stereocenters. The highest BCUT2D eigenvalue weighted by Gasteiger charge is 2.11. The van der Waals surface area contributed by atoms with Crippen molar-refractivity contribution in [3.63, 3.8) is 0 Å². The Balaban J connectivity index is 1.83. The quantitative estimate of drug-likeness (QED) is 0.795. The van der Waals surface area contributed by atoms with Gasteiger partial charge in [0.1, 0.15) is 5.82 Å². The van der Waals surface area contributed by atoms with E-state index in [-0.39, 0.29) is 5.82 Å². The first-order chi connectivity index (χ1) is 9.20. The third-order valence-corrected chi connectivity index (χ3v) is 3.18. The Bertz CT molecular complexity index is 709. The van der Waals surface area contributed by atoms with Crippen LogP contribution in [0.3, 0.4) is 0 Å². The summed E-state index contributed by atoms with van der Waals surface area (Å²) >= 11 is 1.36. The lowest BCUT2D eigenvalue weighted by Gasteiger charge is -1.92. The molecular weight excluding hydrogens is 267 g/mol. The SMILES string of the molecule is Nc1nc(Cc2nc(-c3cccc(F)c3)no2)cs1. The molecule has 0 fully saturated rings. The Morgan fingerprint density at radius 2 is 2.21 bits per heavy atom. The predicted molar refractivity (Wildman–Crippen MR) is 69.0 cm³/mol. The van der Waals surface area contributed by atoms with E-state index in [0.717, 1.165) is 5.69 Å². The Kier molecular flexibility index (Phi) is 2.96. The van der Waals surface area contributed by atoms with E-state index in [9.17, 15) is 4.39 Å². The van der Waals surface area contributed by atoms with Gasteiger partial charge in [-0.05, 0) is 12.1 Å². The maximum absolute atomic E-state index is 13.1. The van der Waals surface area contributed by atoms with E-state index in [4.69, 9.17) is 10.3 Å². The molecule has 19 heavy (non-hydrogen) atoms. The Morgan fingerprint density at radius 1 is 1.32 bits per heavy atom. The summed E-state index contributed by atoms with van der Waals surface area (Å²) in [5.41, 5.74) is 6.90. The molecule has 0 saturated heterocycles. The van der Waals surface area contributed by atoms with Gasteiger partial charge in [0, 0.05) is 10.9 Å². The fraction of sp³-hybridized carbons (Fsp3) is 0.0833. The van der Waals surface area contributed by atoms with Crippen molar-refractivity contribution in [2.24, 2.45) is 0 Å². The summed E-state index contributed by atoms with van der Waals surface area (Å²) in [4.78, 5) is 8.32. The van der Waals surface area contributed by atoms with Crippen LogP contribution in [-0.4, -0.2) is 15.1 Å². The van der Waals surface area contributed by atoms with E-state index in [1.165, 1.54) is 23.5 Å². The topological polar surface area (TPSA) is 77.8 Å². The standard InChI is InChI=1S/C12H9FN4OS/c13-8-3-1-2-7(4-8)11-16-10(18-17-11)5-9-6-19-12(14)15-9/h1-4,6H,5H2,(H2,14,15). The number of nitrogens with zero attached hydrogens (tertiary/aromatic N) is 3. The van der Waals surface area contributed by atoms with Gasteiger partial charge in [-0.1, -0.05) is 17.3 Å². The van der Waals surface area contributed by atoms with Gasteiger partial charge in [0.25, 0.3) is 0 Å². The lowest BCUT2D eigenvalue weighted by Crippen LogP contribution is -1.90. The van der Waals surface area contributed by atoms with Gasteiger partial charge < -0.3 is 10.3 Å². The van der Waals surface area contributed by atoms with E-state index in [1.807, 2.05) is 5.38 Å². The Morgan fingerprint density at radius 3 is 2.95 bits per heavy atom. The van der Waals surface area contributed by atoms with Gasteiger partial charge in [-0.2, -0.15) is 4.98 Å². The van der Waals surface area contributed by atoms with Crippen LogP contribution in [0.5, 0.6) is 0 Å². The molecule has 0 radical (unpaired) electrons. The number of hydrogen-bond acceptors (Lipinski definition) is 6. The zero-order valence-electron chi connectivity index (χ0n) is 9.71. The van der Waals surface area contributed by atoms with Crippen molar-refractivity contribution in [2.45, 2.75) is 6.42 Å². The zero-order valence-corrected chi connectivity index (χ0v) is 10.5. The number of halogens is 1. The van der Waals surface area contributed by atoms with Gasteiger partial charge in [-0.15, -0.1) is 11.3 Å². The third kappa shape index (κ3) is 2.60. The van der Waals surface area contributed by atoms with Crippen LogP contribution in [0.2, 0.25) is 0 Å². The number of nitrogen functional groups attached to an aromatic ring is 1. The number of thiazole rings is 1. The predicted octanol–water partition coefficient (Wildman–Crippen LogP) is 2.51. The fourth-order valence-electron chi connectivity index (χ4n) is 1.63. The van der Waals surface area contributed by atoms with Crippen molar-refractivity contribution < 1.29 is 8.91 Å². The van der Waals surface area contributed by atoms with E-state index in [0.29, 0.717) is 28.8 Å². The molecule has 0 aliphatic carbocycles. The molecule has 0 amide bonds. The van der Waals surface area contributed by atoms with Crippen LogP contribution < -0.4 is 5.73 Å². The molecule has 2 heterocycles. The second kappa shape index (κ2) is 4.77. The minimum atomic E-state index is -0.337. The summed E-state index contributed by atoms with van der Waals surface area (Å²) in [5.74, 6) is 0.443. The number of anilines is 1. The van der Waals surface area contributed by atoms with Crippen molar-refractivity contribution in [1.82, 2.24) is 15.1 Å². The molecule has 0 spiro atoms. The summed E-state index contributed by atoms with van der Waals surface area (Å²) < 4.78 is 18.2. The molecule has 0 aliphatic heterocycles. The lowest BCUT2D eigenvalue weighted by molar-refractivity contribution is 0.385. The molecule has 7 heteroatoms. The van der Waals surface area contributed by atoms with Crippen LogP contribution in [0.25, 0.3) is 11.4 Å². The number of rotatable bonds is 3. The van der Waals surface area contributed by atoms with Crippen LogP contribution in [0.15, 0.2) is 34.2 Å². The maximum atomic E-state index is 13.1. The first-order valence-electron chi connectivity index (χ1n) is 5.49. The minimum absolute atomic E-state index is 0.337. The summed E-state index contributed by atoms with van der Waals surface area (Å²) in [7, 11) is 0. The van der Waals surface area contributed by atoms with Gasteiger partial charge in [0.05, 0.1) is 12.1 Å². The summed E-state index contributed by atoms with van der Waals surface area (Å²) in [6, 6.07) is 6.04. The number of hydrogen-bond donors (Lipinski definition) is 1. The smallest absolute Gasteiger partial charge is 0.233 e. The third-order valence-electron chi connectivity index (χ3n) is 2.45. The van der Waals surface area contributed by atoms with Crippen molar-refractivity contribution in [1.29, 1.82) is 0 Å². The fourth-order valence-corrected chi connectivity index (χ4v) is 2.19. The van der Waals surface area contributed by atoms with Crippen LogP contribution in [0.1, 0.15) is 11.6 Å². The first-order valence-corrected chi connectivity index (χ1v) is 6.37. The number of aromatic nitrogens is 3. The second-order valence-electron chi connectivity index (χ2n) is 3.88. The Hall–Kier alpha value is -2.28. The first kappa shape index (κ1) is 11.8. The molecular formula is C12H9FN4OS. The summed E-state index contributed by atoms with van der Waals surface area (Å²) in [6.07, 6.45) is 0.413. The molecule has 0 saturated carbocycles. The van der Waals surface area contributed by atoms with Crippen molar-refractivity contribution in [3.05, 3.63) is 47.0 Å². The average Bonchev–Trinajstić information content (AvgIpc) is 2.99. The Labute approximate surface area is 111 Å². The minimum Gasteiger partial charge on any atom is -0.375 e. The van der Waals surface area contributed by atoms with Crippen molar-refractivity contribution >= 4 is 16.5 Å². The molecule has 0 bridgehead atoms. The summed E-state index contributed by atoms with van der Waals surface area (Å²) in [6.45, 7) is 0.